The van der Waals surface area contributed by atoms with Crippen molar-refractivity contribution in [2.75, 3.05) is 0 Å². The van der Waals surface area contributed by atoms with Crippen molar-refractivity contribution in [2.45, 2.75) is 177 Å². The monoisotopic (exact) mass is 752 g/mol. The van der Waals surface area contributed by atoms with E-state index in [-0.39, 0.29) is 28.0 Å². The molecule has 0 spiro atoms. The molecule has 0 aliphatic carbocycles. The van der Waals surface area contributed by atoms with E-state index in [1.807, 2.05) is 0 Å². The van der Waals surface area contributed by atoms with E-state index in [4.69, 9.17) is 9.98 Å². The minimum absolute atomic E-state index is 0. The number of unbranched alkanes of at least 4 members (excludes halogenated alkanes) is 14. The topological polar surface area (TPSA) is 70.8 Å². The summed E-state index contributed by atoms with van der Waals surface area (Å²) in [6.45, 7) is 15.4. The standard InChI is InChI=1S/C36H56N2.C11H16O2.Ni/c1-7-9-11-13-15-16-18-20-22-36(38-34-26-24-30(4)32(6)28-34)35(21-19-17-14-12-10-8-2)37-33-25-23-29(3)31(5)27-33;1-2-3-4-6-9-7-5-8-10(12)11(9)13;/h23-28H,7-22H2,1-6H3;5,7-8,12-13H,2-4,6H2,1H3;/q;;+2/p-2. The maximum atomic E-state index is 11.3. The third-order valence-corrected chi connectivity index (χ3v) is 9.99. The van der Waals surface area contributed by atoms with Crippen LogP contribution in [0.2, 0.25) is 0 Å². The molecule has 0 aliphatic rings. The normalized spacial score (nSPS) is 11.6. The van der Waals surface area contributed by atoms with Crippen molar-refractivity contribution in [3.05, 3.63) is 82.4 Å². The van der Waals surface area contributed by atoms with Crippen LogP contribution in [0.5, 0.6) is 11.5 Å². The first-order chi connectivity index (χ1) is 24.7. The summed E-state index contributed by atoms with van der Waals surface area (Å²) < 4.78 is 0. The molecule has 3 aromatic carbocycles. The number of nitrogens with zero attached hydrogens (tertiary/aromatic N) is 2. The quantitative estimate of drug-likeness (QED) is 0.0549. The Morgan fingerprint density at radius 1 is 0.481 bits per heavy atom. The number of hydrogen-bond donors (Lipinski definition) is 0. The second kappa shape index (κ2) is 28.6. The van der Waals surface area contributed by atoms with Crippen LogP contribution in [-0.2, 0) is 22.9 Å². The molecular formula is C47H70N2NiO2. The van der Waals surface area contributed by atoms with Crippen molar-refractivity contribution >= 4 is 22.8 Å². The summed E-state index contributed by atoms with van der Waals surface area (Å²) in [7, 11) is 0. The molecule has 3 aromatic rings. The van der Waals surface area contributed by atoms with Gasteiger partial charge in [0.05, 0.1) is 22.8 Å². The van der Waals surface area contributed by atoms with E-state index in [0.29, 0.717) is 5.56 Å². The summed E-state index contributed by atoms with van der Waals surface area (Å²) >= 11 is 0. The third-order valence-electron chi connectivity index (χ3n) is 9.99. The van der Waals surface area contributed by atoms with Crippen molar-refractivity contribution in [1.29, 1.82) is 0 Å². The van der Waals surface area contributed by atoms with E-state index in [0.717, 1.165) is 49.9 Å². The average Bonchev–Trinajstić information content (AvgIpc) is 3.11. The van der Waals surface area contributed by atoms with Crippen LogP contribution in [0.1, 0.15) is 171 Å². The van der Waals surface area contributed by atoms with Gasteiger partial charge in [0, 0.05) is 0 Å². The van der Waals surface area contributed by atoms with E-state index >= 15 is 0 Å². The molecule has 5 heteroatoms. The Hall–Kier alpha value is -2.91. The van der Waals surface area contributed by atoms with E-state index in [1.165, 1.54) is 130 Å². The van der Waals surface area contributed by atoms with Gasteiger partial charge in [-0.1, -0.05) is 147 Å². The Bertz CT molecular complexity index is 1460. The average molecular weight is 754 g/mol. The molecule has 0 unspecified atom stereocenters. The van der Waals surface area contributed by atoms with Crippen LogP contribution < -0.4 is 10.2 Å². The summed E-state index contributed by atoms with van der Waals surface area (Å²) in [5.74, 6) is -0.701. The molecule has 0 atom stereocenters. The van der Waals surface area contributed by atoms with Crippen molar-refractivity contribution in [2.24, 2.45) is 9.98 Å². The number of benzene rings is 3. The van der Waals surface area contributed by atoms with Gasteiger partial charge >= 0.3 is 16.5 Å². The molecule has 0 heterocycles. The van der Waals surface area contributed by atoms with Gasteiger partial charge in [0.2, 0.25) is 0 Å². The number of aliphatic imine (C=N–C) groups is 2. The smallest absolute Gasteiger partial charge is 0.873 e. The summed E-state index contributed by atoms with van der Waals surface area (Å²) in [5, 5.41) is 22.2. The Labute approximate surface area is 329 Å². The van der Waals surface area contributed by atoms with E-state index in [1.54, 1.807) is 12.1 Å². The van der Waals surface area contributed by atoms with Crippen LogP contribution >= 0.6 is 0 Å². The van der Waals surface area contributed by atoms with Gasteiger partial charge < -0.3 is 10.2 Å². The van der Waals surface area contributed by atoms with Gasteiger partial charge in [0.15, 0.2) is 0 Å². The van der Waals surface area contributed by atoms with E-state index in [2.05, 4.69) is 84.9 Å². The number of para-hydroxylation sites is 1. The van der Waals surface area contributed by atoms with Crippen LogP contribution in [0.15, 0.2) is 64.6 Å². The maximum Gasteiger partial charge on any atom is 2.00 e. The maximum absolute atomic E-state index is 11.3. The molecular weight excluding hydrogens is 683 g/mol. The molecule has 0 aromatic heterocycles. The molecule has 0 amide bonds. The van der Waals surface area contributed by atoms with Crippen molar-refractivity contribution < 1.29 is 26.7 Å². The summed E-state index contributed by atoms with van der Waals surface area (Å²) in [6.07, 6.45) is 24.4. The van der Waals surface area contributed by atoms with Gasteiger partial charge in [-0.05, 0) is 113 Å². The second-order valence-electron chi connectivity index (χ2n) is 14.6. The van der Waals surface area contributed by atoms with Gasteiger partial charge in [-0.3, -0.25) is 9.98 Å². The first-order valence-electron chi connectivity index (χ1n) is 20.5. The van der Waals surface area contributed by atoms with Crippen molar-refractivity contribution in [3.63, 3.8) is 0 Å². The second-order valence-corrected chi connectivity index (χ2v) is 14.6. The number of aryl methyl sites for hydroxylation is 5. The summed E-state index contributed by atoms with van der Waals surface area (Å²) in [5.41, 5.74) is 10.5. The minimum Gasteiger partial charge on any atom is -0.873 e. The van der Waals surface area contributed by atoms with Crippen LogP contribution in [-0.4, -0.2) is 11.4 Å². The molecule has 290 valence electrons. The first-order valence-corrected chi connectivity index (χ1v) is 20.5. The van der Waals surface area contributed by atoms with Crippen molar-refractivity contribution in [3.8, 4) is 11.5 Å². The molecule has 0 radical (unpaired) electrons. The van der Waals surface area contributed by atoms with Crippen LogP contribution in [0, 0.1) is 27.7 Å². The molecule has 0 fully saturated rings. The van der Waals surface area contributed by atoms with Gasteiger partial charge in [-0.25, -0.2) is 0 Å². The van der Waals surface area contributed by atoms with Gasteiger partial charge in [0.1, 0.15) is 0 Å². The van der Waals surface area contributed by atoms with E-state index < -0.39 is 0 Å². The molecule has 0 saturated heterocycles. The first kappa shape index (κ1) is 47.1. The van der Waals surface area contributed by atoms with Gasteiger partial charge in [-0.2, -0.15) is 0 Å². The SMILES string of the molecule is CCCCCCCCCCC(=Nc1ccc(C)c(C)c1)C(CCCCCCCC)=Nc1ccc(C)c(C)c1.CCCCCc1cccc([O-])c1[O-].[Ni+2]. The zero-order valence-corrected chi connectivity index (χ0v) is 34.9. The molecule has 52 heavy (non-hydrogen) atoms. The summed E-state index contributed by atoms with van der Waals surface area (Å²) in [4.78, 5) is 10.5. The zero-order chi connectivity index (χ0) is 37.3. The predicted octanol–water partition coefficient (Wildman–Crippen LogP) is 13.6. The largest absolute Gasteiger partial charge is 2.00 e. The number of rotatable bonds is 23. The molecule has 0 bridgehead atoms. The fraction of sp³-hybridized carbons (Fsp3) is 0.574. The Morgan fingerprint density at radius 3 is 1.31 bits per heavy atom. The minimum atomic E-state index is -0.381. The molecule has 0 aliphatic heterocycles. The van der Waals surface area contributed by atoms with Crippen LogP contribution in [0.3, 0.4) is 0 Å². The van der Waals surface area contributed by atoms with Crippen molar-refractivity contribution in [1.82, 2.24) is 0 Å². The Morgan fingerprint density at radius 2 is 0.885 bits per heavy atom. The van der Waals surface area contributed by atoms with Crippen LogP contribution in [0.4, 0.5) is 11.4 Å². The molecule has 0 saturated carbocycles. The Balaban J connectivity index is 0.000000811. The van der Waals surface area contributed by atoms with Gasteiger partial charge in [-0.15, -0.1) is 11.5 Å². The fourth-order valence-corrected chi connectivity index (χ4v) is 6.25. The predicted molar refractivity (Wildman–Crippen MR) is 220 cm³/mol. The van der Waals surface area contributed by atoms with Gasteiger partial charge in [0.25, 0.3) is 0 Å². The molecule has 3 rings (SSSR count). The molecule has 4 nitrogen and oxygen atoms in total. The third kappa shape index (κ3) is 19.3. The summed E-state index contributed by atoms with van der Waals surface area (Å²) in [6, 6.07) is 18.0. The van der Waals surface area contributed by atoms with E-state index in [9.17, 15) is 10.2 Å². The fourth-order valence-electron chi connectivity index (χ4n) is 6.25. The zero-order valence-electron chi connectivity index (χ0n) is 33.9. The Kier molecular flexibility index (Phi) is 25.9. The number of hydrogen-bond acceptors (Lipinski definition) is 4. The molecule has 0 N–H and O–H groups in total. The van der Waals surface area contributed by atoms with Crippen LogP contribution in [0.25, 0.3) is 0 Å².